The van der Waals surface area contributed by atoms with Crippen LogP contribution >= 0.6 is 11.6 Å². The van der Waals surface area contributed by atoms with Crippen molar-refractivity contribution in [2.75, 3.05) is 59.2 Å². The van der Waals surface area contributed by atoms with Crippen LogP contribution in [0, 0.1) is 5.92 Å². The molecule has 0 aliphatic carbocycles. The Hall–Kier alpha value is -2.07. The quantitative estimate of drug-likeness (QED) is 0.230. The third-order valence-corrected chi connectivity index (χ3v) is 8.21. The number of unbranched alkanes of at least 4 members (excludes halogenated alkanes) is 2. The fraction of sp³-hybridized carbons (Fsp3) is 0.714. The highest BCUT2D eigenvalue weighted by Crippen LogP contribution is 2.29. The highest BCUT2D eigenvalue weighted by molar-refractivity contribution is 6.33. The Morgan fingerprint density at radius 3 is 2.53 bits per heavy atom. The van der Waals surface area contributed by atoms with Crippen molar-refractivity contribution < 1.29 is 23.8 Å². The Labute approximate surface area is 232 Å². The van der Waals surface area contributed by atoms with Gasteiger partial charge in [0.25, 0.3) is 5.91 Å². The highest BCUT2D eigenvalue weighted by Gasteiger charge is 2.31. The van der Waals surface area contributed by atoms with Crippen molar-refractivity contribution in [3.63, 3.8) is 0 Å². The second kappa shape index (κ2) is 14.9. The van der Waals surface area contributed by atoms with Gasteiger partial charge < -0.3 is 30.2 Å². The molecule has 0 bridgehead atoms. The smallest absolute Gasteiger partial charge is 0.306 e. The maximum atomic E-state index is 13.0. The molecule has 0 spiro atoms. The van der Waals surface area contributed by atoms with Crippen LogP contribution in [0.2, 0.25) is 5.02 Å². The van der Waals surface area contributed by atoms with Crippen molar-refractivity contribution in [2.45, 2.75) is 70.6 Å². The number of hydrogen-bond donors (Lipinski definition) is 2. The van der Waals surface area contributed by atoms with Gasteiger partial charge in [-0.15, -0.1) is 0 Å². The Morgan fingerprint density at radius 1 is 1.08 bits per heavy atom. The number of rotatable bonds is 12. The van der Waals surface area contributed by atoms with Gasteiger partial charge in [-0.1, -0.05) is 31.9 Å². The van der Waals surface area contributed by atoms with Crippen LogP contribution in [0.4, 0.5) is 5.69 Å². The van der Waals surface area contributed by atoms with E-state index in [4.69, 9.17) is 31.5 Å². The number of halogens is 1. The van der Waals surface area contributed by atoms with Crippen molar-refractivity contribution in [1.82, 2.24) is 15.1 Å². The Bertz CT molecular complexity index is 933. The Balaban J connectivity index is 1.37. The number of benzene rings is 1. The SMILES string of the molecule is CCN1CCC(C)[C@@H](OC(=O)CCCCCN2CC[C@@H](NC(=O)c3cc(Cl)c(N)cc3OC)[C@@H](OC)C2)C1. The zero-order chi connectivity index (χ0) is 27.7. The van der Waals surface area contributed by atoms with E-state index in [9.17, 15) is 9.59 Å². The summed E-state index contributed by atoms with van der Waals surface area (Å²) in [6.07, 6.45) is 5.04. The van der Waals surface area contributed by atoms with E-state index in [2.05, 4.69) is 29.0 Å². The number of likely N-dealkylation sites (tertiary alicyclic amines) is 2. The molecule has 1 amide bonds. The van der Waals surface area contributed by atoms with Crippen molar-refractivity contribution in [3.8, 4) is 5.75 Å². The molecule has 1 aromatic rings. The lowest BCUT2D eigenvalue weighted by Gasteiger charge is -2.38. The molecule has 10 heteroatoms. The van der Waals surface area contributed by atoms with Crippen LogP contribution in [0.25, 0.3) is 0 Å². The molecule has 4 atom stereocenters. The lowest BCUT2D eigenvalue weighted by atomic mass is 9.96. The van der Waals surface area contributed by atoms with Crippen molar-refractivity contribution >= 4 is 29.2 Å². The molecule has 1 aromatic carbocycles. The van der Waals surface area contributed by atoms with E-state index in [1.54, 1.807) is 13.2 Å². The average molecular weight is 553 g/mol. The molecule has 0 aromatic heterocycles. The Morgan fingerprint density at radius 2 is 1.82 bits per heavy atom. The lowest BCUT2D eigenvalue weighted by Crippen LogP contribution is -2.54. The number of piperidine rings is 2. The molecule has 2 heterocycles. The number of methoxy groups -OCH3 is 2. The van der Waals surface area contributed by atoms with Gasteiger partial charge in [-0.05, 0) is 57.3 Å². The second-order valence-electron chi connectivity index (χ2n) is 10.5. The molecular formula is C28H45ClN4O5. The van der Waals surface area contributed by atoms with Gasteiger partial charge in [0.2, 0.25) is 0 Å². The first-order valence-corrected chi connectivity index (χ1v) is 14.2. The third kappa shape index (κ3) is 8.46. The second-order valence-corrected chi connectivity index (χ2v) is 10.9. The zero-order valence-corrected chi connectivity index (χ0v) is 24.1. The molecule has 1 unspecified atom stereocenters. The maximum Gasteiger partial charge on any atom is 0.306 e. The number of esters is 1. The number of carbonyl (C=O) groups excluding carboxylic acids is 2. The van der Waals surface area contributed by atoms with Gasteiger partial charge >= 0.3 is 5.97 Å². The van der Waals surface area contributed by atoms with Crippen molar-refractivity contribution in [1.29, 1.82) is 0 Å². The topological polar surface area (TPSA) is 106 Å². The molecule has 214 valence electrons. The number of nitrogen functional groups attached to an aromatic ring is 1. The number of carbonyl (C=O) groups is 2. The Kier molecular flexibility index (Phi) is 12.0. The summed E-state index contributed by atoms with van der Waals surface area (Å²) in [5.41, 5.74) is 6.55. The van der Waals surface area contributed by atoms with Crippen molar-refractivity contribution in [2.24, 2.45) is 5.92 Å². The first kappa shape index (κ1) is 30.5. The van der Waals surface area contributed by atoms with E-state index in [0.717, 1.165) is 71.4 Å². The number of nitrogens with two attached hydrogens (primary N) is 1. The normalized spacial score (nSPS) is 24.7. The molecule has 0 saturated carbocycles. The molecule has 0 radical (unpaired) electrons. The molecule has 3 N–H and O–H groups in total. The number of nitrogens with zero attached hydrogens (tertiary/aromatic N) is 2. The molecule has 2 aliphatic heterocycles. The molecule has 2 saturated heterocycles. The molecule has 2 aliphatic rings. The molecular weight excluding hydrogens is 508 g/mol. The fourth-order valence-corrected chi connectivity index (χ4v) is 5.46. The highest BCUT2D eigenvalue weighted by atomic mass is 35.5. The number of ether oxygens (including phenoxy) is 3. The number of nitrogens with one attached hydrogen (secondary N) is 1. The van der Waals surface area contributed by atoms with Gasteiger partial charge in [0.15, 0.2) is 0 Å². The monoisotopic (exact) mass is 552 g/mol. The van der Waals surface area contributed by atoms with Crippen LogP contribution in [0.5, 0.6) is 5.75 Å². The number of anilines is 1. The molecule has 2 fully saturated rings. The number of likely N-dealkylation sites (N-methyl/N-ethyl adjacent to an activating group) is 1. The summed E-state index contributed by atoms with van der Waals surface area (Å²) in [6, 6.07) is 2.97. The standard InChI is InChI=1S/C28H45ClN4O5/c1-5-32-13-10-19(2)25(17-32)38-27(34)9-7-6-8-12-33-14-11-23(26(18-33)37-4)31-28(35)20-15-21(29)22(30)16-24(20)36-3/h15-16,19,23,25-26H,5-14,17-18,30H2,1-4H3,(H,31,35)/t19?,23-,25+,26+/m1/s1. The van der Waals surface area contributed by atoms with Gasteiger partial charge in [-0.3, -0.25) is 14.5 Å². The van der Waals surface area contributed by atoms with Crippen LogP contribution in [0.15, 0.2) is 12.1 Å². The minimum atomic E-state index is -0.263. The van der Waals surface area contributed by atoms with E-state index < -0.39 is 0 Å². The molecule has 9 nitrogen and oxygen atoms in total. The fourth-order valence-electron chi connectivity index (χ4n) is 5.30. The predicted molar refractivity (Wildman–Crippen MR) is 150 cm³/mol. The number of amides is 1. The van der Waals surface area contributed by atoms with Crippen LogP contribution in [0.1, 0.15) is 62.7 Å². The maximum absolute atomic E-state index is 13.0. The van der Waals surface area contributed by atoms with Gasteiger partial charge in [0, 0.05) is 39.2 Å². The molecule has 3 rings (SSSR count). The summed E-state index contributed by atoms with van der Waals surface area (Å²) in [4.78, 5) is 30.1. The summed E-state index contributed by atoms with van der Waals surface area (Å²) in [5, 5.41) is 3.40. The van der Waals surface area contributed by atoms with E-state index in [0.29, 0.717) is 34.4 Å². The van der Waals surface area contributed by atoms with Crippen LogP contribution < -0.4 is 15.8 Å². The summed E-state index contributed by atoms with van der Waals surface area (Å²) in [5.74, 6) is 0.473. The average Bonchev–Trinajstić information content (AvgIpc) is 2.91. The van der Waals surface area contributed by atoms with Gasteiger partial charge in [0.1, 0.15) is 11.9 Å². The van der Waals surface area contributed by atoms with E-state index in [1.165, 1.54) is 13.2 Å². The number of hydrogen-bond acceptors (Lipinski definition) is 8. The zero-order valence-electron chi connectivity index (χ0n) is 23.3. The minimum absolute atomic E-state index is 0.0158. The van der Waals surface area contributed by atoms with Crippen molar-refractivity contribution in [3.05, 3.63) is 22.7 Å². The summed E-state index contributed by atoms with van der Waals surface area (Å²) >= 11 is 6.13. The van der Waals surface area contributed by atoms with Crippen LogP contribution in [0.3, 0.4) is 0 Å². The van der Waals surface area contributed by atoms with Crippen LogP contribution in [-0.2, 0) is 14.3 Å². The molecule has 38 heavy (non-hydrogen) atoms. The first-order valence-electron chi connectivity index (χ1n) is 13.9. The summed E-state index contributed by atoms with van der Waals surface area (Å²) in [7, 11) is 3.17. The van der Waals surface area contributed by atoms with Crippen LogP contribution in [-0.4, -0.2) is 93.4 Å². The van der Waals surface area contributed by atoms with E-state index >= 15 is 0 Å². The largest absolute Gasteiger partial charge is 0.496 e. The van der Waals surface area contributed by atoms with Gasteiger partial charge in [0.05, 0.1) is 35.5 Å². The van der Waals surface area contributed by atoms with E-state index in [-0.39, 0.29) is 30.1 Å². The minimum Gasteiger partial charge on any atom is -0.496 e. The summed E-state index contributed by atoms with van der Waals surface area (Å²) < 4.78 is 16.8. The predicted octanol–water partition coefficient (Wildman–Crippen LogP) is 3.58. The lowest BCUT2D eigenvalue weighted by molar-refractivity contribution is -0.154. The van der Waals surface area contributed by atoms with Gasteiger partial charge in [-0.2, -0.15) is 0 Å². The third-order valence-electron chi connectivity index (χ3n) is 7.88. The van der Waals surface area contributed by atoms with Gasteiger partial charge in [-0.25, -0.2) is 0 Å². The van der Waals surface area contributed by atoms with E-state index in [1.807, 2.05) is 0 Å². The first-order chi connectivity index (χ1) is 18.2. The summed E-state index contributed by atoms with van der Waals surface area (Å²) in [6.45, 7) is 9.79.